The number of nitro groups is 1. The Balaban J connectivity index is 2.71. The van der Waals surface area contributed by atoms with E-state index in [2.05, 4.69) is 0 Å². The van der Waals surface area contributed by atoms with E-state index in [-0.39, 0.29) is 23.5 Å². The highest BCUT2D eigenvalue weighted by Gasteiger charge is 2.30. The zero-order chi connectivity index (χ0) is 11.0. The number of nitrogens with zero attached hydrogens (tertiary/aromatic N) is 1. The van der Waals surface area contributed by atoms with Crippen LogP contribution in [-0.4, -0.2) is 17.5 Å². The van der Waals surface area contributed by atoms with Crippen LogP contribution in [0.15, 0.2) is 12.1 Å². The zero-order valence-electron chi connectivity index (χ0n) is 7.73. The first-order chi connectivity index (χ1) is 7.11. The highest BCUT2D eigenvalue weighted by atomic mass is 16.6. The molecule has 0 saturated carbocycles. The lowest BCUT2D eigenvalue weighted by atomic mass is 10.00. The summed E-state index contributed by atoms with van der Waals surface area (Å²) < 4.78 is 4.75. The molecular formula is C9H8N2O4. The van der Waals surface area contributed by atoms with Gasteiger partial charge in [-0.15, -0.1) is 0 Å². The average molecular weight is 208 g/mol. The standard InChI is InChI=1S/C9H8N2O4/c10-6-2-1-5-3-4-15-9(12)7(5)8(6)11(13)14/h1-2H,3-4,10H2. The Kier molecular flexibility index (Phi) is 2.03. The van der Waals surface area contributed by atoms with Crippen molar-refractivity contribution in [1.29, 1.82) is 0 Å². The normalized spacial score (nSPS) is 14.3. The Hall–Kier alpha value is -2.11. The molecule has 0 saturated heterocycles. The van der Waals surface area contributed by atoms with Crippen LogP contribution in [0.2, 0.25) is 0 Å². The molecule has 0 amide bonds. The summed E-state index contributed by atoms with van der Waals surface area (Å²) in [5.74, 6) is -0.671. The molecule has 0 spiro atoms. The number of nitro benzene ring substituents is 1. The molecule has 1 aliphatic rings. The molecule has 0 aromatic heterocycles. The first-order valence-corrected chi connectivity index (χ1v) is 4.34. The Morgan fingerprint density at radius 1 is 1.47 bits per heavy atom. The monoisotopic (exact) mass is 208 g/mol. The number of hydrogen-bond donors (Lipinski definition) is 1. The van der Waals surface area contributed by atoms with Gasteiger partial charge >= 0.3 is 11.7 Å². The number of carbonyl (C=O) groups excluding carboxylic acids is 1. The molecule has 0 fully saturated rings. The van der Waals surface area contributed by atoms with E-state index in [9.17, 15) is 14.9 Å². The largest absolute Gasteiger partial charge is 0.462 e. The Morgan fingerprint density at radius 2 is 2.20 bits per heavy atom. The average Bonchev–Trinajstić information content (AvgIpc) is 2.18. The van der Waals surface area contributed by atoms with E-state index in [0.717, 1.165) is 0 Å². The molecule has 1 heterocycles. The van der Waals surface area contributed by atoms with Crippen LogP contribution in [0.25, 0.3) is 0 Å². The molecular weight excluding hydrogens is 200 g/mol. The van der Waals surface area contributed by atoms with Gasteiger partial charge in [0.05, 0.1) is 11.5 Å². The topological polar surface area (TPSA) is 95.5 Å². The first-order valence-electron chi connectivity index (χ1n) is 4.34. The van der Waals surface area contributed by atoms with Gasteiger partial charge in [0.2, 0.25) is 0 Å². The van der Waals surface area contributed by atoms with Gasteiger partial charge in [-0.3, -0.25) is 10.1 Å². The zero-order valence-corrected chi connectivity index (χ0v) is 7.73. The molecule has 6 heteroatoms. The summed E-state index contributed by atoms with van der Waals surface area (Å²) in [5, 5.41) is 10.8. The fourth-order valence-electron chi connectivity index (χ4n) is 1.61. The van der Waals surface area contributed by atoms with Crippen molar-refractivity contribution in [3.8, 4) is 0 Å². The molecule has 1 aromatic carbocycles. The van der Waals surface area contributed by atoms with E-state index < -0.39 is 10.9 Å². The number of benzene rings is 1. The van der Waals surface area contributed by atoms with Crippen LogP contribution in [-0.2, 0) is 11.2 Å². The lowest BCUT2D eigenvalue weighted by molar-refractivity contribution is -0.384. The predicted octanol–water partition coefficient (Wildman–Crippen LogP) is 0.890. The van der Waals surface area contributed by atoms with Crippen molar-refractivity contribution in [3.05, 3.63) is 33.4 Å². The fourth-order valence-corrected chi connectivity index (χ4v) is 1.61. The van der Waals surface area contributed by atoms with Gasteiger partial charge in [-0.05, 0) is 11.6 Å². The fraction of sp³-hybridized carbons (Fsp3) is 0.222. The van der Waals surface area contributed by atoms with Crippen LogP contribution in [0.1, 0.15) is 15.9 Å². The summed E-state index contributed by atoms with van der Waals surface area (Å²) >= 11 is 0. The first kappa shape index (κ1) is 9.45. The number of anilines is 1. The number of esters is 1. The van der Waals surface area contributed by atoms with Crippen molar-refractivity contribution in [1.82, 2.24) is 0 Å². The highest BCUT2D eigenvalue weighted by molar-refractivity contribution is 5.98. The molecule has 0 aliphatic carbocycles. The lowest BCUT2D eigenvalue weighted by Gasteiger charge is -2.15. The van der Waals surface area contributed by atoms with Crippen LogP contribution in [0.3, 0.4) is 0 Å². The van der Waals surface area contributed by atoms with Gasteiger partial charge in [0, 0.05) is 6.42 Å². The molecule has 0 atom stereocenters. The lowest BCUT2D eigenvalue weighted by Crippen LogP contribution is -2.20. The summed E-state index contributed by atoms with van der Waals surface area (Å²) in [6, 6.07) is 3.06. The van der Waals surface area contributed by atoms with E-state index in [1.165, 1.54) is 6.07 Å². The molecule has 78 valence electrons. The SMILES string of the molecule is Nc1ccc2c(c1[N+](=O)[O-])C(=O)OCC2. The number of rotatable bonds is 1. The molecule has 0 radical (unpaired) electrons. The molecule has 0 bridgehead atoms. The summed E-state index contributed by atoms with van der Waals surface area (Å²) in [4.78, 5) is 21.5. The van der Waals surface area contributed by atoms with Gasteiger partial charge in [-0.1, -0.05) is 6.07 Å². The predicted molar refractivity (Wildman–Crippen MR) is 51.5 cm³/mol. The van der Waals surface area contributed by atoms with Crippen LogP contribution < -0.4 is 5.73 Å². The van der Waals surface area contributed by atoms with Crippen LogP contribution in [0, 0.1) is 10.1 Å². The van der Waals surface area contributed by atoms with E-state index in [4.69, 9.17) is 10.5 Å². The third kappa shape index (κ3) is 1.39. The van der Waals surface area contributed by atoms with Gasteiger partial charge < -0.3 is 10.5 Å². The molecule has 2 N–H and O–H groups in total. The smallest absolute Gasteiger partial charge is 0.345 e. The summed E-state index contributed by atoms with van der Waals surface area (Å²) in [7, 11) is 0. The van der Waals surface area contributed by atoms with Crippen molar-refractivity contribution in [2.45, 2.75) is 6.42 Å². The Labute approximate surface area is 84.8 Å². The van der Waals surface area contributed by atoms with Gasteiger partial charge in [0.15, 0.2) is 0 Å². The Bertz CT molecular complexity index is 456. The summed E-state index contributed by atoms with van der Waals surface area (Å²) in [5.41, 5.74) is 5.70. The second kappa shape index (κ2) is 3.23. The molecule has 1 aliphatic heterocycles. The van der Waals surface area contributed by atoms with E-state index in [0.29, 0.717) is 12.0 Å². The van der Waals surface area contributed by atoms with Gasteiger partial charge in [0.25, 0.3) is 0 Å². The number of nitrogens with two attached hydrogens (primary N) is 1. The minimum atomic E-state index is -0.671. The van der Waals surface area contributed by atoms with Crippen LogP contribution >= 0.6 is 0 Å². The second-order valence-corrected chi connectivity index (χ2v) is 3.18. The summed E-state index contributed by atoms with van der Waals surface area (Å²) in [6.07, 6.45) is 0.488. The molecule has 15 heavy (non-hydrogen) atoms. The maximum absolute atomic E-state index is 11.4. The highest BCUT2D eigenvalue weighted by Crippen LogP contribution is 2.31. The minimum absolute atomic E-state index is 0.00810. The summed E-state index contributed by atoms with van der Waals surface area (Å²) in [6.45, 7) is 0.257. The van der Waals surface area contributed by atoms with Crippen molar-refractivity contribution in [3.63, 3.8) is 0 Å². The molecule has 2 rings (SSSR count). The van der Waals surface area contributed by atoms with Crippen LogP contribution in [0.4, 0.5) is 11.4 Å². The van der Waals surface area contributed by atoms with Crippen molar-refractivity contribution < 1.29 is 14.5 Å². The number of hydrogen-bond acceptors (Lipinski definition) is 5. The van der Waals surface area contributed by atoms with E-state index in [1.54, 1.807) is 6.07 Å². The third-order valence-corrected chi connectivity index (χ3v) is 2.29. The third-order valence-electron chi connectivity index (χ3n) is 2.29. The minimum Gasteiger partial charge on any atom is -0.462 e. The van der Waals surface area contributed by atoms with E-state index in [1.807, 2.05) is 0 Å². The molecule has 6 nitrogen and oxygen atoms in total. The maximum Gasteiger partial charge on any atom is 0.345 e. The Morgan fingerprint density at radius 3 is 2.87 bits per heavy atom. The molecule has 1 aromatic rings. The van der Waals surface area contributed by atoms with Crippen molar-refractivity contribution in [2.24, 2.45) is 0 Å². The van der Waals surface area contributed by atoms with Crippen LogP contribution in [0.5, 0.6) is 0 Å². The van der Waals surface area contributed by atoms with Crippen molar-refractivity contribution in [2.75, 3.05) is 12.3 Å². The molecule has 0 unspecified atom stereocenters. The number of cyclic esters (lactones) is 1. The van der Waals surface area contributed by atoms with Gasteiger partial charge in [0.1, 0.15) is 11.3 Å². The van der Waals surface area contributed by atoms with Crippen molar-refractivity contribution >= 4 is 17.3 Å². The van der Waals surface area contributed by atoms with E-state index >= 15 is 0 Å². The number of nitrogen functional groups attached to an aromatic ring is 1. The number of ether oxygens (including phenoxy) is 1. The quantitative estimate of drug-likeness (QED) is 0.320. The number of fused-ring (bicyclic) bond motifs is 1. The van der Waals surface area contributed by atoms with Gasteiger partial charge in [-0.2, -0.15) is 0 Å². The van der Waals surface area contributed by atoms with Gasteiger partial charge in [-0.25, -0.2) is 4.79 Å². The number of carbonyl (C=O) groups is 1. The maximum atomic E-state index is 11.4. The second-order valence-electron chi connectivity index (χ2n) is 3.18.